The van der Waals surface area contributed by atoms with Crippen molar-refractivity contribution < 1.29 is 4.74 Å². The Labute approximate surface area is 84.5 Å². The standard InChI is InChI=1S/C10H12BClO/c1-6-7-3-2-4-13-10(7)9(12)5-8(6)11/h5H,2-4,11H2,1H3. The lowest BCUT2D eigenvalue weighted by Crippen LogP contribution is -2.17. The zero-order valence-electron chi connectivity index (χ0n) is 7.98. The third kappa shape index (κ3) is 1.44. The van der Waals surface area contributed by atoms with Gasteiger partial charge in [-0.15, -0.1) is 0 Å². The Balaban J connectivity index is 2.63. The van der Waals surface area contributed by atoms with Crippen LogP contribution in [0.1, 0.15) is 17.5 Å². The topological polar surface area (TPSA) is 9.23 Å². The molecule has 0 fully saturated rings. The van der Waals surface area contributed by atoms with Crippen LogP contribution in [0.5, 0.6) is 5.75 Å². The first-order valence-corrected chi connectivity index (χ1v) is 4.99. The summed E-state index contributed by atoms with van der Waals surface area (Å²) < 4.78 is 5.56. The molecule has 0 radical (unpaired) electrons. The molecular weight excluding hydrogens is 182 g/mol. The predicted octanol–water partition coefficient (Wildman–Crippen LogP) is 1.23. The largest absolute Gasteiger partial charge is 0.492 e. The van der Waals surface area contributed by atoms with Crippen molar-refractivity contribution in [3.8, 4) is 5.75 Å². The number of benzene rings is 1. The van der Waals surface area contributed by atoms with Gasteiger partial charge in [-0.2, -0.15) is 0 Å². The molecule has 0 aliphatic carbocycles. The minimum atomic E-state index is 0.762. The third-order valence-electron chi connectivity index (χ3n) is 2.70. The fraction of sp³-hybridized carbons (Fsp3) is 0.400. The Bertz CT molecular complexity index is 349. The molecule has 0 aromatic heterocycles. The lowest BCUT2D eigenvalue weighted by Gasteiger charge is -2.21. The molecule has 1 nitrogen and oxygen atoms in total. The van der Waals surface area contributed by atoms with Crippen molar-refractivity contribution >= 4 is 24.9 Å². The van der Waals surface area contributed by atoms with E-state index in [1.807, 2.05) is 6.07 Å². The molecule has 68 valence electrons. The van der Waals surface area contributed by atoms with Gasteiger partial charge in [0.2, 0.25) is 0 Å². The van der Waals surface area contributed by atoms with Crippen molar-refractivity contribution in [3.05, 3.63) is 22.2 Å². The van der Waals surface area contributed by atoms with E-state index in [2.05, 4.69) is 14.8 Å². The highest BCUT2D eigenvalue weighted by Crippen LogP contribution is 2.33. The second kappa shape index (κ2) is 3.26. The molecule has 13 heavy (non-hydrogen) atoms. The summed E-state index contributed by atoms with van der Waals surface area (Å²) in [6.07, 6.45) is 2.20. The highest BCUT2D eigenvalue weighted by molar-refractivity contribution is 6.38. The summed E-state index contributed by atoms with van der Waals surface area (Å²) in [5, 5.41) is 0.762. The maximum absolute atomic E-state index is 6.09. The van der Waals surface area contributed by atoms with Crippen molar-refractivity contribution in [2.24, 2.45) is 0 Å². The number of hydrogen-bond acceptors (Lipinski definition) is 1. The second-order valence-corrected chi connectivity index (χ2v) is 3.97. The van der Waals surface area contributed by atoms with Crippen molar-refractivity contribution in [1.29, 1.82) is 0 Å². The van der Waals surface area contributed by atoms with E-state index >= 15 is 0 Å². The molecule has 0 amide bonds. The van der Waals surface area contributed by atoms with E-state index in [1.165, 1.54) is 16.6 Å². The Morgan fingerprint density at radius 3 is 3.08 bits per heavy atom. The fourth-order valence-corrected chi connectivity index (χ4v) is 2.13. The van der Waals surface area contributed by atoms with Crippen molar-refractivity contribution in [1.82, 2.24) is 0 Å². The van der Waals surface area contributed by atoms with Gasteiger partial charge in [0.25, 0.3) is 0 Å². The smallest absolute Gasteiger partial charge is 0.141 e. The van der Waals surface area contributed by atoms with E-state index in [0.29, 0.717) is 0 Å². The summed E-state index contributed by atoms with van der Waals surface area (Å²) in [5.74, 6) is 0.913. The van der Waals surface area contributed by atoms with Crippen LogP contribution in [-0.4, -0.2) is 14.5 Å². The van der Waals surface area contributed by atoms with Gasteiger partial charge in [0.05, 0.1) is 11.6 Å². The van der Waals surface area contributed by atoms with Gasteiger partial charge in [-0.1, -0.05) is 22.6 Å². The van der Waals surface area contributed by atoms with Gasteiger partial charge in [-0.3, -0.25) is 0 Å². The van der Waals surface area contributed by atoms with E-state index in [1.54, 1.807) is 0 Å². The van der Waals surface area contributed by atoms with E-state index in [4.69, 9.17) is 16.3 Å². The third-order valence-corrected chi connectivity index (χ3v) is 2.98. The van der Waals surface area contributed by atoms with Crippen molar-refractivity contribution in [2.45, 2.75) is 19.8 Å². The van der Waals surface area contributed by atoms with Gasteiger partial charge < -0.3 is 4.74 Å². The summed E-state index contributed by atoms with van der Waals surface area (Å²) in [7, 11) is 2.09. The van der Waals surface area contributed by atoms with Crippen LogP contribution >= 0.6 is 11.6 Å². The first kappa shape index (κ1) is 8.95. The Morgan fingerprint density at radius 1 is 1.54 bits per heavy atom. The van der Waals surface area contributed by atoms with Gasteiger partial charge >= 0.3 is 0 Å². The zero-order chi connectivity index (χ0) is 9.42. The van der Waals surface area contributed by atoms with Crippen LogP contribution < -0.4 is 10.2 Å². The molecule has 0 N–H and O–H groups in total. The monoisotopic (exact) mass is 194 g/mol. The maximum atomic E-state index is 6.09. The Morgan fingerprint density at radius 2 is 2.31 bits per heavy atom. The van der Waals surface area contributed by atoms with Crippen LogP contribution in [0.4, 0.5) is 0 Å². The Kier molecular flexibility index (Phi) is 2.25. The molecule has 1 aliphatic heterocycles. The molecule has 0 saturated carbocycles. The van der Waals surface area contributed by atoms with Crippen LogP contribution in [0.25, 0.3) is 0 Å². The minimum absolute atomic E-state index is 0.762. The number of fused-ring (bicyclic) bond motifs is 1. The first-order valence-electron chi connectivity index (χ1n) is 4.61. The lowest BCUT2D eigenvalue weighted by molar-refractivity contribution is 0.288. The molecule has 0 unspecified atom stereocenters. The summed E-state index contributed by atoms with van der Waals surface area (Å²) in [5.41, 5.74) is 3.89. The van der Waals surface area contributed by atoms with Gasteiger partial charge in [0, 0.05) is 0 Å². The number of hydrogen-bond donors (Lipinski definition) is 0. The van der Waals surface area contributed by atoms with Crippen LogP contribution in [0.2, 0.25) is 5.02 Å². The summed E-state index contributed by atoms with van der Waals surface area (Å²) >= 11 is 6.09. The summed E-state index contributed by atoms with van der Waals surface area (Å²) in [6.45, 7) is 2.94. The molecule has 1 heterocycles. The lowest BCUT2D eigenvalue weighted by atomic mass is 9.86. The molecule has 1 aromatic carbocycles. The van der Waals surface area contributed by atoms with Crippen LogP contribution in [0.15, 0.2) is 6.07 Å². The molecule has 0 bridgehead atoms. The molecule has 0 atom stereocenters. The van der Waals surface area contributed by atoms with E-state index < -0.39 is 0 Å². The summed E-state index contributed by atoms with van der Waals surface area (Å²) in [6, 6.07) is 1.99. The van der Waals surface area contributed by atoms with Crippen molar-refractivity contribution in [2.75, 3.05) is 6.61 Å². The van der Waals surface area contributed by atoms with E-state index in [-0.39, 0.29) is 0 Å². The normalized spacial score (nSPS) is 14.9. The first-order chi connectivity index (χ1) is 6.20. The molecule has 2 rings (SSSR count). The number of halogens is 1. The quantitative estimate of drug-likeness (QED) is 0.565. The fourth-order valence-electron chi connectivity index (χ4n) is 1.80. The SMILES string of the molecule is Bc1cc(Cl)c2c(c1C)CCCO2. The van der Waals surface area contributed by atoms with Gasteiger partial charge in [0.15, 0.2) is 0 Å². The zero-order valence-corrected chi connectivity index (χ0v) is 8.74. The van der Waals surface area contributed by atoms with Crippen LogP contribution in [-0.2, 0) is 6.42 Å². The number of ether oxygens (including phenoxy) is 1. The van der Waals surface area contributed by atoms with Crippen LogP contribution in [0, 0.1) is 6.92 Å². The molecular formula is C10H12BClO. The minimum Gasteiger partial charge on any atom is -0.492 e. The average molecular weight is 194 g/mol. The van der Waals surface area contributed by atoms with Crippen LogP contribution in [0.3, 0.4) is 0 Å². The van der Waals surface area contributed by atoms with Crippen molar-refractivity contribution in [3.63, 3.8) is 0 Å². The van der Waals surface area contributed by atoms with Gasteiger partial charge in [-0.25, -0.2) is 0 Å². The van der Waals surface area contributed by atoms with Gasteiger partial charge in [0.1, 0.15) is 13.6 Å². The average Bonchev–Trinajstić information content (AvgIpc) is 2.15. The predicted molar refractivity (Wildman–Crippen MR) is 58.2 cm³/mol. The highest BCUT2D eigenvalue weighted by Gasteiger charge is 2.17. The summed E-state index contributed by atoms with van der Waals surface area (Å²) in [4.78, 5) is 0. The maximum Gasteiger partial charge on any atom is 0.141 e. The molecule has 1 aromatic rings. The second-order valence-electron chi connectivity index (χ2n) is 3.56. The molecule has 0 spiro atoms. The highest BCUT2D eigenvalue weighted by atomic mass is 35.5. The molecule has 1 aliphatic rings. The van der Waals surface area contributed by atoms with E-state index in [0.717, 1.165) is 30.2 Å². The van der Waals surface area contributed by atoms with E-state index in [9.17, 15) is 0 Å². The molecule has 0 saturated heterocycles. The molecule has 3 heteroatoms. The van der Waals surface area contributed by atoms with Gasteiger partial charge in [-0.05, 0) is 31.4 Å². The Hall–Kier alpha value is -0.625. The number of rotatable bonds is 0.